The highest BCUT2D eigenvalue weighted by atomic mass is 31.2. The second kappa shape index (κ2) is 41.4. The Morgan fingerprint density at radius 2 is 0.932 bits per heavy atom. The Morgan fingerprint density at radius 3 is 1.36 bits per heavy atom. The topological polar surface area (TPSA) is 94.1 Å². The molecule has 0 fully saturated rings. The summed E-state index contributed by atoms with van der Waals surface area (Å²) in [4.78, 5) is 25.0. The molecule has 0 saturated heterocycles. The molecule has 0 spiro atoms. The van der Waals surface area contributed by atoms with Crippen LogP contribution in [0.5, 0.6) is 0 Å². The molecule has 59 heavy (non-hydrogen) atoms. The molecule has 0 radical (unpaired) electrons. The van der Waals surface area contributed by atoms with E-state index in [1.54, 1.807) is 6.08 Å². The number of rotatable bonds is 38. The van der Waals surface area contributed by atoms with E-state index in [-0.39, 0.29) is 26.2 Å². The van der Waals surface area contributed by atoms with Gasteiger partial charge in [-0.1, -0.05) is 154 Å². The third kappa shape index (κ3) is 45.6. The van der Waals surface area contributed by atoms with E-state index in [9.17, 15) is 14.3 Å². The lowest BCUT2D eigenvalue weighted by Crippen LogP contribution is -2.37. The fraction of sp³-hybridized carbons (Fsp3) is 0.540. The van der Waals surface area contributed by atoms with E-state index in [2.05, 4.69) is 135 Å². The van der Waals surface area contributed by atoms with Gasteiger partial charge in [0.2, 0.25) is 0 Å². The van der Waals surface area contributed by atoms with Gasteiger partial charge in [0.25, 0.3) is 7.82 Å². The average Bonchev–Trinajstić information content (AvgIpc) is 3.19. The summed E-state index contributed by atoms with van der Waals surface area (Å²) in [5.74, 6) is -0.480. The van der Waals surface area contributed by atoms with Crippen molar-refractivity contribution < 1.29 is 37.3 Å². The van der Waals surface area contributed by atoms with Gasteiger partial charge in [0.1, 0.15) is 19.3 Å². The number of carbonyl (C=O) groups excluding carboxylic acids is 1. The first-order valence-corrected chi connectivity index (χ1v) is 23.4. The van der Waals surface area contributed by atoms with Crippen molar-refractivity contribution in [2.24, 2.45) is 0 Å². The Hall–Kier alpha value is -3.36. The third-order valence-corrected chi connectivity index (χ3v) is 9.19. The van der Waals surface area contributed by atoms with E-state index in [1.807, 2.05) is 27.2 Å². The monoisotopic (exact) mass is 838 g/mol. The molecule has 2 atom stereocenters. The van der Waals surface area contributed by atoms with E-state index in [0.29, 0.717) is 24.1 Å². The number of hydrogen-bond donors (Lipinski definition) is 0. The molecule has 0 rings (SSSR count). The third-order valence-electron chi connectivity index (χ3n) is 8.23. The molecule has 0 aliphatic heterocycles. The highest BCUT2D eigenvalue weighted by Gasteiger charge is 2.20. The molecule has 0 aliphatic rings. The normalized spacial score (nSPS) is 15.0. The number of phosphoric ester groups is 1. The minimum absolute atomic E-state index is 0.00608. The maximum absolute atomic E-state index is 12.6. The largest absolute Gasteiger partial charge is 0.756 e. The maximum atomic E-state index is 12.6. The number of carbonyl (C=O) groups is 1. The first kappa shape index (κ1) is 55.6. The number of nitrogens with zero attached hydrogens (tertiary/aromatic N) is 1. The molecule has 0 aromatic rings. The molecule has 0 aliphatic carbocycles. The molecule has 9 heteroatoms. The number of esters is 1. The van der Waals surface area contributed by atoms with Crippen molar-refractivity contribution >= 4 is 13.8 Å². The molecule has 332 valence electrons. The highest BCUT2D eigenvalue weighted by Crippen LogP contribution is 2.38. The first-order valence-electron chi connectivity index (χ1n) is 21.9. The molecule has 0 amide bonds. The second-order valence-corrected chi connectivity index (χ2v) is 16.4. The van der Waals surface area contributed by atoms with Gasteiger partial charge in [-0.15, -0.1) is 0 Å². The zero-order valence-electron chi connectivity index (χ0n) is 37.4. The van der Waals surface area contributed by atoms with Crippen LogP contribution in [0, 0.1) is 0 Å². The van der Waals surface area contributed by atoms with Crippen LogP contribution in [0.15, 0.2) is 134 Å². The van der Waals surface area contributed by atoms with E-state index < -0.39 is 19.9 Å². The number of ether oxygens (including phenoxy) is 2. The lowest BCUT2D eigenvalue weighted by Gasteiger charge is -2.28. The summed E-state index contributed by atoms with van der Waals surface area (Å²) < 4.78 is 34.4. The minimum Gasteiger partial charge on any atom is -0.756 e. The lowest BCUT2D eigenvalue weighted by atomic mass is 10.2. The van der Waals surface area contributed by atoms with E-state index >= 15 is 0 Å². The summed E-state index contributed by atoms with van der Waals surface area (Å²) in [5, 5.41) is 0. The van der Waals surface area contributed by atoms with Gasteiger partial charge in [0, 0.05) is 6.61 Å². The fourth-order valence-electron chi connectivity index (χ4n) is 4.92. The summed E-state index contributed by atoms with van der Waals surface area (Å²) in [6, 6.07) is 0. The molecule has 0 saturated carbocycles. The van der Waals surface area contributed by atoms with Crippen LogP contribution < -0.4 is 4.89 Å². The van der Waals surface area contributed by atoms with Crippen molar-refractivity contribution in [3.8, 4) is 0 Å². The molecule has 0 heterocycles. The standard InChI is InChI=1S/C50H80NO7P/c1-6-8-10-12-14-16-18-20-22-23-24-25-26-27-28-30-32-34-36-38-40-42-45-55-47-49(48-57-59(53,54)56-46-44-51(3,4)5)58-50(52)43-41-39-37-35-33-31-29-21-19-17-15-13-11-9-7-2/h8-11,14-17,20-22,24-25,27-29,32-35,39,41,49H,6-7,12-13,18-19,23,26,30-31,36-38,40,42-48H2,1-5H3/b10-8-,11-9-,16-14-,17-15-,22-20-,25-24-,28-27-,29-21-,34-32-,35-33-,41-39-. The van der Waals surface area contributed by atoms with Crippen LogP contribution in [0.25, 0.3) is 0 Å². The van der Waals surface area contributed by atoms with E-state index in [4.69, 9.17) is 18.5 Å². The molecular weight excluding hydrogens is 758 g/mol. The van der Waals surface area contributed by atoms with Crippen molar-refractivity contribution in [2.45, 2.75) is 123 Å². The number of unbranched alkanes of at least 4 members (excludes halogenated alkanes) is 3. The highest BCUT2D eigenvalue weighted by molar-refractivity contribution is 7.45. The van der Waals surface area contributed by atoms with Crippen LogP contribution in [0.2, 0.25) is 0 Å². The van der Waals surface area contributed by atoms with Crippen LogP contribution in [-0.2, 0) is 27.9 Å². The summed E-state index contributed by atoms with van der Waals surface area (Å²) in [5.41, 5.74) is 0. The Bertz CT molecular complexity index is 1390. The Morgan fingerprint density at radius 1 is 0.525 bits per heavy atom. The van der Waals surface area contributed by atoms with Crippen LogP contribution in [0.4, 0.5) is 0 Å². The Kier molecular flexibility index (Phi) is 39.0. The van der Waals surface area contributed by atoms with Gasteiger partial charge >= 0.3 is 5.97 Å². The van der Waals surface area contributed by atoms with Gasteiger partial charge in [0.05, 0.1) is 40.8 Å². The van der Waals surface area contributed by atoms with Crippen LogP contribution in [0.1, 0.15) is 117 Å². The molecular formula is C50H80NO7P. The van der Waals surface area contributed by atoms with Gasteiger partial charge in [0.15, 0.2) is 0 Å². The summed E-state index contributed by atoms with van der Waals surface area (Å²) in [6.07, 6.45) is 60.8. The summed E-state index contributed by atoms with van der Waals surface area (Å²) >= 11 is 0. The molecule has 0 bridgehead atoms. The van der Waals surface area contributed by atoms with Crippen LogP contribution in [-0.4, -0.2) is 70.7 Å². The maximum Gasteiger partial charge on any atom is 0.310 e. The summed E-state index contributed by atoms with van der Waals surface area (Å²) in [6.45, 7) is 4.90. The minimum atomic E-state index is -4.57. The second-order valence-electron chi connectivity index (χ2n) is 15.0. The van der Waals surface area contributed by atoms with Crippen molar-refractivity contribution in [3.63, 3.8) is 0 Å². The Balaban J connectivity index is 4.45. The number of hydrogen-bond acceptors (Lipinski definition) is 7. The Labute approximate surface area is 360 Å². The quantitative estimate of drug-likeness (QED) is 0.0201. The van der Waals surface area contributed by atoms with Crippen molar-refractivity contribution in [1.29, 1.82) is 0 Å². The molecule has 2 unspecified atom stereocenters. The lowest BCUT2D eigenvalue weighted by molar-refractivity contribution is -0.870. The molecule has 8 nitrogen and oxygen atoms in total. The average molecular weight is 838 g/mol. The van der Waals surface area contributed by atoms with E-state index in [1.165, 1.54) is 0 Å². The summed E-state index contributed by atoms with van der Waals surface area (Å²) in [7, 11) is 1.25. The van der Waals surface area contributed by atoms with Gasteiger partial charge in [-0.3, -0.25) is 9.36 Å². The number of phosphoric acid groups is 1. The van der Waals surface area contributed by atoms with Crippen LogP contribution >= 0.6 is 7.82 Å². The van der Waals surface area contributed by atoms with Gasteiger partial charge < -0.3 is 27.9 Å². The molecule has 0 aromatic heterocycles. The zero-order valence-corrected chi connectivity index (χ0v) is 38.3. The smallest absolute Gasteiger partial charge is 0.310 e. The van der Waals surface area contributed by atoms with Crippen molar-refractivity contribution in [1.82, 2.24) is 0 Å². The molecule has 0 aromatic carbocycles. The van der Waals surface area contributed by atoms with Crippen molar-refractivity contribution in [2.75, 3.05) is 54.1 Å². The first-order chi connectivity index (χ1) is 28.6. The predicted molar refractivity (Wildman–Crippen MR) is 249 cm³/mol. The number of quaternary nitrogens is 1. The van der Waals surface area contributed by atoms with E-state index in [0.717, 1.165) is 89.9 Å². The van der Waals surface area contributed by atoms with Gasteiger partial charge in [-0.2, -0.15) is 0 Å². The van der Waals surface area contributed by atoms with Gasteiger partial charge in [-0.25, -0.2) is 0 Å². The predicted octanol–water partition coefficient (Wildman–Crippen LogP) is 12.5. The van der Waals surface area contributed by atoms with Gasteiger partial charge in [-0.05, 0) is 89.9 Å². The van der Waals surface area contributed by atoms with Crippen LogP contribution in [0.3, 0.4) is 0 Å². The SMILES string of the molecule is CC/C=C\C/C=C\C/C=C\C/C=C\C/C=C\C/C=C\CCCCCOCC(COP(=O)([O-])OCC[N+](C)(C)C)OC(=O)C/C=C\C/C=C\C/C=C\C/C=C\C/C=C\CC. The molecule has 0 N–H and O–H groups in total. The number of allylic oxidation sites excluding steroid dienone is 21. The fourth-order valence-corrected chi connectivity index (χ4v) is 5.64. The zero-order chi connectivity index (χ0) is 43.4. The number of likely N-dealkylation sites (N-methyl/N-ethyl adjacent to an activating group) is 1. The van der Waals surface area contributed by atoms with Crippen molar-refractivity contribution in [3.05, 3.63) is 134 Å².